The van der Waals surface area contributed by atoms with E-state index in [2.05, 4.69) is 10.6 Å². The monoisotopic (exact) mass is 176 g/mol. The molecule has 12 heavy (non-hydrogen) atoms. The largest absolute Gasteiger partial charge is 0.336 e. The molecule has 0 bridgehead atoms. The van der Waals surface area contributed by atoms with Crippen LogP contribution in [0.15, 0.2) is 0 Å². The molecule has 76 valence electrons. The Bertz CT molecular complexity index is 104. The number of hydrogen-bond acceptors (Lipinski definition) is 1. The average molecular weight is 176 g/mol. The molecule has 0 atom stereocenters. The first-order valence-corrected chi connectivity index (χ1v) is 4.59. The minimum atomic E-state index is -0.0926. The number of hydrogen-bond donors (Lipinski definition) is 2. The Morgan fingerprint density at radius 2 is 1.25 bits per heavy atom. The van der Waals surface area contributed by atoms with Crippen LogP contribution in [0.25, 0.3) is 0 Å². The normalized spacial score (nSPS) is 9.00. The summed E-state index contributed by atoms with van der Waals surface area (Å²) in [6, 6.07) is 0.322. The summed E-state index contributed by atoms with van der Waals surface area (Å²) in [6.07, 6.45) is 0. The molecule has 2 amide bonds. The molecule has 0 fully saturated rings. The Kier molecular flexibility index (Phi) is 9.65. The van der Waals surface area contributed by atoms with Crippen molar-refractivity contribution in [2.24, 2.45) is 0 Å². The predicted molar refractivity (Wildman–Crippen MR) is 55.4 cm³/mol. The minimum Gasteiger partial charge on any atom is -0.336 e. The van der Waals surface area contributed by atoms with Gasteiger partial charge in [-0.2, -0.15) is 0 Å². The van der Waals surface area contributed by atoms with E-state index in [0.717, 1.165) is 0 Å². The second-order valence-electron chi connectivity index (χ2n) is 2.93. The third kappa shape index (κ3) is 12.0. The molecule has 0 saturated heterocycles. The molecule has 3 heteroatoms. The van der Waals surface area contributed by atoms with Gasteiger partial charge in [0.1, 0.15) is 0 Å². The van der Waals surface area contributed by atoms with Gasteiger partial charge in [-0.1, -0.05) is 13.8 Å². The first-order valence-electron chi connectivity index (χ1n) is 4.59. The van der Waals surface area contributed by atoms with E-state index in [1.54, 1.807) is 0 Å². The predicted octanol–water partition coefficient (Wildman–Crippen LogP) is 2.37. The Balaban J connectivity index is -0.000000309. The van der Waals surface area contributed by atoms with Crippen LogP contribution in [-0.4, -0.2) is 18.1 Å². The summed E-state index contributed by atoms with van der Waals surface area (Å²) in [5, 5.41) is 5.45. The summed E-state index contributed by atoms with van der Waals surface area (Å²) in [4.78, 5) is 10.8. The second-order valence-corrected chi connectivity index (χ2v) is 2.93. The Morgan fingerprint density at radius 3 is 1.42 bits per heavy atom. The van der Waals surface area contributed by atoms with Crippen molar-refractivity contribution in [3.63, 3.8) is 0 Å². The Hall–Kier alpha value is -0.730. The number of carbonyl (C=O) groups is 1. The quantitative estimate of drug-likeness (QED) is 0.666. The molecule has 0 rings (SSSR count). The molecule has 0 unspecified atom stereocenters. The SMILES string of the molecule is CC.CC(C)NC(=O)NC(C)C.[HH]. The van der Waals surface area contributed by atoms with Gasteiger partial charge in [-0.25, -0.2) is 4.79 Å². The summed E-state index contributed by atoms with van der Waals surface area (Å²) in [7, 11) is 0. The lowest BCUT2D eigenvalue weighted by molar-refractivity contribution is 0.236. The van der Waals surface area contributed by atoms with Gasteiger partial charge >= 0.3 is 6.03 Å². The van der Waals surface area contributed by atoms with Crippen molar-refractivity contribution in [1.82, 2.24) is 10.6 Å². The standard InChI is InChI=1S/C7H16N2O.C2H6.H2/c1-5(2)8-7(10)9-6(3)4;1-2;/h5-6H,1-4H3,(H2,8,9,10);1-2H3;1H. The maximum absolute atomic E-state index is 10.8. The molecule has 0 saturated carbocycles. The van der Waals surface area contributed by atoms with Crippen molar-refractivity contribution in [3.05, 3.63) is 0 Å². The average Bonchev–Trinajstić information content (AvgIpc) is 1.87. The maximum Gasteiger partial charge on any atom is 0.315 e. The lowest BCUT2D eigenvalue weighted by Gasteiger charge is -2.11. The van der Waals surface area contributed by atoms with E-state index in [-0.39, 0.29) is 19.5 Å². The Labute approximate surface area is 77.4 Å². The van der Waals surface area contributed by atoms with Crippen molar-refractivity contribution < 1.29 is 6.22 Å². The Morgan fingerprint density at radius 1 is 1.00 bits per heavy atom. The maximum atomic E-state index is 10.8. The van der Waals surface area contributed by atoms with E-state index in [1.165, 1.54) is 0 Å². The van der Waals surface area contributed by atoms with Crippen LogP contribution in [0.4, 0.5) is 4.79 Å². The minimum absolute atomic E-state index is 0. The van der Waals surface area contributed by atoms with E-state index < -0.39 is 0 Å². The molecule has 0 spiro atoms. The summed E-state index contributed by atoms with van der Waals surface area (Å²) in [5.41, 5.74) is 0. The fourth-order valence-corrected chi connectivity index (χ4v) is 0.566. The molecule has 3 nitrogen and oxygen atoms in total. The van der Waals surface area contributed by atoms with Crippen LogP contribution in [0.1, 0.15) is 43.0 Å². The molecule has 0 radical (unpaired) electrons. The highest BCUT2D eigenvalue weighted by molar-refractivity contribution is 5.74. The van der Waals surface area contributed by atoms with Crippen LogP contribution in [0, 0.1) is 0 Å². The molecule has 2 N–H and O–H groups in total. The van der Waals surface area contributed by atoms with Crippen molar-refractivity contribution in [1.29, 1.82) is 0 Å². The van der Waals surface area contributed by atoms with Crippen LogP contribution in [0.2, 0.25) is 0 Å². The molecule has 0 aromatic carbocycles. The highest BCUT2D eigenvalue weighted by Gasteiger charge is 2.02. The van der Waals surface area contributed by atoms with Crippen LogP contribution < -0.4 is 10.6 Å². The summed E-state index contributed by atoms with van der Waals surface area (Å²) < 4.78 is 0. The number of carbonyl (C=O) groups excluding carboxylic acids is 1. The fraction of sp³-hybridized carbons (Fsp3) is 0.889. The van der Waals surface area contributed by atoms with Gasteiger partial charge in [0.05, 0.1) is 0 Å². The molecule has 0 aliphatic rings. The highest BCUT2D eigenvalue weighted by Crippen LogP contribution is 1.79. The van der Waals surface area contributed by atoms with Crippen LogP contribution in [0.3, 0.4) is 0 Å². The molecule has 0 heterocycles. The number of amides is 2. The van der Waals surface area contributed by atoms with Crippen LogP contribution in [0.5, 0.6) is 0 Å². The first kappa shape index (κ1) is 13.8. The molecule has 0 aromatic rings. The zero-order valence-electron chi connectivity index (χ0n) is 9.06. The van der Waals surface area contributed by atoms with Gasteiger partial charge in [-0.3, -0.25) is 0 Å². The highest BCUT2D eigenvalue weighted by atomic mass is 16.2. The second kappa shape index (κ2) is 8.37. The summed E-state index contributed by atoms with van der Waals surface area (Å²) in [6.45, 7) is 11.7. The van der Waals surface area contributed by atoms with Crippen LogP contribution >= 0.6 is 0 Å². The van der Waals surface area contributed by atoms with E-state index in [0.29, 0.717) is 0 Å². The fourth-order valence-electron chi connectivity index (χ4n) is 0.566. The van der Waals surface area contributed by atoms with Gasteiger partial charge < -0.3 is 10.6 Å². The summed E-state index contributed by atoms with van der Waals surface area (Å²) in [5.74, 6) is 0. The van der Waals surface area contributed by atoms with Crippen LogP contribution in [-0.2, 0) is 0 Å². The molecular formula is C9H24N2O. The molecule has 0 aliphatic heterocycles. The summed E-state index contributed by atoms with van der Waals surface area (Å²) >= 11 is 0. The van der Waals surface area contributed by atoms with Crippen molar-refractivity contribution in [2.75, 3.05) is 0 Å². The van der Waals surface area contributed by atoms with E-state index in [1.807, 2.05) is 41.5 Å². The topological polar surface area (TPSA) is 41.1 Å². The van der Waals surface area contributed by atoms with Crippen molar-refractivity contribution in [3.8, 4) is 0 Å². The van der Waals surface area contributed by atoms with Gasteiger partial charge in [-0.05, 0) is 27.7 Å². The van der Waals surface area contributed by atoms with Gasteiger partial charge in [0.25, 0.3) is 0 Å². The van der Waals surface area contributed by atoms with E-state index in [9.17, 15) is 4.79 Å². The smallest absolute Gasteiger partial charge is 0.315 e. The zero-order chi connectivity index (χ0) is 10.1. The lowest BCUT2D eigenvalue weighted by Crippen LogP contribution is -2.42. The van der Waals surface area contributed by atoms with Gasteiger partial charge in [0, 0.05) is 13.5 Å². The number of nitrogens with one attached hydrogen (secondary N) is 2. The van der Waals surface area contributed by atoms with Gasteiger partial charge in [-0.15, -0.1) is 0 Å². The third-order valence-corrected chi connectivity index (χ3v) is 0.840. The number of rotatable bonds is 2. The molecule has 0 aromatic heterocycles. The molecule has 0 aliphatic carbocycles. The zero-order valence-corrected chi connectivity index (χ0v) is 9.06. The third-order valence-electron chi connectivity index (χ3n) is 0.840. The lowest BCUT2D eigenvalue weighted by atomic mass is 10.4. The van der Waals surface area contributed by atoms with Gasteiger partial charge in [0.15, 0.2) is 0 Å². The van der Waals surface area contributed by atoms with E-state index >= 15 is 0 Å². The van der Waals surface area contributed by atoms with Crippen molar-refractivity contribution in [2.45, 2.75) is 53.6 Å². The number of urea groups is 1. The van der Waals surface area contributed by atoms with Gasteiger partial charge in [0.2, 0.25) is 0 Å². The first-order chi connectivity index (χ1) is 5.52. The van der Waals surface area contributed by atoms with E-state index in [4.69, 9.17) is 0 Å². The molecular weight excluding hydrogens is 152 g/mol. The van der Waals surface area contributed by atoms with Crippen molar-refractivity contribution >= 4 is 6.03 Å².